The van der Waals surface area contributed by atoms with Crippen LogP contribution in [0, 0.1) is 0 Å². The summed E-state index contributed by atoms with van der Waals surface area (Å²) in [6.45, 7) is 1.55. The highest BCUT2D eigenvalue weighted by molar-refractivity contribution is 6.02. The van der Waals surface area contributed by atoms with Crippen molar-refractivity contribution >= 4 is 23.2 Å². The fourth-order valence-corrected chi connectivity index (χ4v) is 1.69. The fraction of sp³-hybridized carbons (Fsp3) is 0.133. The number of carbonyl (C=O) groups is 2. The second kappa shape index (κ2) is 6.99. The molecule has 0 aliphatic rings. The number of rotatable bonds is 4. The summed E-state index contributed by atoms with van der Waals surface area (Å²) in [6.07, 6.45) is -3.64. The predicted molar refractivity (Wildman–Crippen MR) is 79.5 cm³/mol. The first kappa shape index (κ1) is 17.3. The Morgan fingerprint density at radius 2 is 1.92 bits per heavy atom. The van der Waals surface area contributed by atoms with Crippen LogP contribution in [0.15, 0.2) is 52.2 Å². The van der Waals surface area contributed by atoms with Gasteiger partial charge in [-0.25, -0.2) is 5.43 Å². The predicted octanol–water partition coefficient (Wildman–Crippen LogP) is 2.93. The zero-order valence-corrected chi connectivity index (χ0v) is 12.3. The molecule has 2 aromatic rings. The number of hydrogen-bond donors (Lipinski definition) is 2. The Morgan fingerprint density at radius 3 is 2.54 bits per heavy atom. The van der Waals surface area contributed by atoms with Crippen LogP contribution in [0.5, 0.6) is 0 Å². The summed E-state index contributed by atoms with van der Waals surface area (Å²) in [6, 6.07) is 8.63. The van der Waals surface area contributed by atoms with Crippen molar-refractivity contribution in [2.45, 2.75) is 13.1 Å². The Kier molecular flexibility index (Phi) is 5.02. The Labute approximate surface area is 134 Å². The molecule has 0 atom stereocenters. The van der Waals surface area contributed by atoms with Crippen LogP contribution in [0.3, 0.4) is 0 Å². The van der Waals surface area contributed by atoms with E-state index in [-0.39, 0.29) is 11.4 Å². The van der Waals surface area contributed by atoms with Crippen LogP contribution in [0.2, 0.25) is 0 Å². The first-order valence-electron chi connectivity index (χ1n) is 6.64. The second-order valence-electron chi connectivity index (χ2n) is 4.65. The Morgan fingerprint density at radius 1 is 1.17 bits per heavy atom. The lowest BCUT2D eigenvalue weighted by Crippen LogP contribution is -2.29. The molecule has 0 aliphatic carbocycles. The van der Waals surface area contributed by atoms with Crippen LogP contribution in [0.1, 0.15) is 23.0 Å². The molecule has 1 heterocycles. The van der Waals surface area contributed by atoms with Crippen LogP contribution in [0.4, 0.5) is 18.9 Å². The first-order valence-corrected chi connectivity index (χ1v) is 6.64. The number of nitrogens with zero attached hydrogens (tertiary/aromatic N) is 1. The average molecular weight is 339 g/mol. The third kappa shape index (κ3) is 4.45. The van der Waals surface area contributed by atoms with Crippen molar-refractivity contribution in [1.29, 1.82) is 0 Å². The minimum absolute atomic E-state index is 0.0401. The van der Waals surface area contributed by atoms with Crippen LogP contribution >= 0.6 is 0 Å². The molecule has 0 aliphatic heterocycles. The molecule has 0 spiro atoms. The quantitative estimate of drug-likeness (QED) is 0.663. The maximum Gasteiger partial charge on any atom is 0.471 e. The van der Waals surface area contributed by atoms with Crippen LogP contribution < -0.4 is 10.7 Å². The van der Waals surface area contributed by atoms with Gasteiger partial charge in [-0.15, -0.1) is 0 Å². The molecule has 0 fully saturated rings. The molecule has 24 heavy (non-hydrogen) atoms. The monoisotopic (exact) mass is 339 g/mol. The molecule has 2 amide bonds. The van der Waals surface area contributed by atoms with E-state index in [1.807, 2.05) is 0 Å². The molecule has 1 aromatic heterocycles. The van der Waals surface area contributed by atoms with Crippen molar-refractivity contribution in [3.05, 3.63) is 54.0 Å². The lowest BCUT2D eigenvalue weighted by atomic mass is 10.1. The van der Waals surface area contributed by atoms with E-state index in [0.29, 0.717) is 11.3 Å². The number of carbonyl (C=O) groups excluding carboxylic acids is 2. The summed E-state index contributed by atoms with van der Waals surface area (Å²) >= 11 is 0. The van der Waals surface area contributed by atoms with Crippen LogP contribution in [-0.2, 0) is 4.79 Å². The van der Waals surface area contributed by atoms with E-state index in [1.165, 1.54) is 36.6 Å². The number of hydrogen-bond acceptors (Lipinski definition) is 4. The Balaban J connectivity index is 2.08. The minimum Gasteiger partial charge on any atom is -0.459 e. The molecule has 126 valence electrons. The maximum absolute atomic E-state index is 12.2. The van der Waals surface area contributed by atoms with Gasteiger partial charge in [-0.1, -0.05) is 12.1 Å². The number of benzene rings is 1. The van der Waals surface area contributed by atoms with Crippen molar-refractivity contribution in [1.82, 2.24) is 5.43 Å². The van der Waals surface area contributed by atoms with Gasteiger partial charge in [0.2, 0.25) is 0 Å². The average Bonchev–Trinajstić information content (AvgIpc) is 3.06. The van der Waals surface area contributed by atoms with Crippen LogP contribution in [0.25, 0.3) is 0 Å². The lowest BCUT2D eigenvalue weighted by molar-refractivity contribution is -0.167. The van der Waals surface area contributed by atoms with Crippen molar-refractivity contribution in [3.63, 3.8) is 0 Å². The normalized spacial score (nSPS) is 11.9. The van der Waals surface area contributed by atoms with Gasteiger partial charge < -0.3 is 9.73 Å². The summed E-state index contributed by atoms with van der Waals surface area (Å²) in [5.41, 5.74) is 2.97. The van der Waals surface area contributed by atoms with E-state index in [4.69, 9.17) is 4.42 Å². The standard InChI is InChI=1S/C15H12F3N3O3/c1-9(20-21-13(22)12-6-3-7-24-12)10-4-2-5-11(8-10)19-14(23)15(16,17)18/h2-8H,1H3,(H,19,23)(H,21,22). The van der Waals surface area contributed by atoms with Gasteiger partial charge >= 0.3 is 18.0 Å². The van der Waals surface area contributed by atoms with E-state index < -0.39 is 18.0 Å². The van der Waals surface area contributed by atoms with Crippen LogP contribution in [-0.4, -0.2) is 23.7 Å². The third-order valence-electron chi connectivity index (χ3n) is 2.87. The largest absolute Gasteiger partial charge is 0.471 e. The van der Waals surface area contributed by atoms with Gasteiger partial charge in [-0.05, 0) is 36.8 Å². The first-order chi connectivity index (χ1) is 11.3. The van der Waals surface area contributed by atoms with E-state index in [0.717, 1.165) is 0 Å². The highest BCUT2D eigenvalue weighted by Gasteiger charge is 2.38. The molecule has 0 saturated heterocycles. The molecule has 1 aromatic carbocycles. The van der Waals surface area contributed by atoms with Gasteiger partial charge in [0.15, 0.2) is 5.76 Å². The molecule has 2 rings (SSSR count). The SMILES string of the molecule is CC(=NNC(=O)c1ccco1)c1cccc(NC(=O)C(F)(F)F)c1. The molecule has 0 saturated carbocycles. The maximum atomic E-state index is 12.2. The number of halogens is 3. The number of amides is 2. The zero-order chi connectivity index (χ0) is 17.7. The number of anilines is 1. The van der Waals surface area contributed by atoms with Crippen molar-refractivity contribution in [2.75, 3.05) is 5.32 Å². The molecule has 2 N–H and O–H groups in total. The van der Waals surface area contributed by atoms with Gasteiger partial charge in [0.1, 0.15) is 0 Å². The van der Waals surface area contributed by atoms with Gasteiger partial charge in [0.05, 0.1) is 12.0 Å². The van der Waals surface area contributed by atoms with Gasteiger partial charge in [-0.2, -0.15) is 18.3 Å². The second-order valence-corrected chi connectivity index (χ2v) is 4.65. The Hall–Kier alpha value is -3.10. The summed E-state index contributed by atoms with van der Waals surface area (Å²) < 4.78 is 41.6. The topological polar surface area (TPSA) is 83.7 Å². The van der Waals surface area contributed by atoms with Crippen molar-refractivity contribution in [3.8, 4) is 0 Å². The molecule has 9 heteroatoms. The molecular formula is C15H12F3N3O3. The van der Waals surface area contributed by atoms with E-state index in [9.17, 15) is 22.8 Å². The lowest BCUT2D eigenvalue weighted by Gasteiger charge is -2.09. The van der Waals surface area contributed by atoms with E-state index >= 15 is 0 Å². The highest BCUT2D eigenvalue weighted by Crippen LogP contribution is 2.19. The molecule has 6 nitrogen and oxygen atoms in total. The zero-order valence-electron chi connectivity index (χ0n) is 12.3. The van der Waals surface area contributed by atoms with Gasteiger partial charge in [-0.3, -0.25) is 9.59 Å². The van der Waals surface area contributed by atoms with Gasteiger partial charge in [0, 0.05) is 5.69 Å². The molecule has 0 unspecified atom stereocenters. The summed E-state index contributed by atoms with van der Waals surface area (Å²) in [7, 11) is 0. The summed E-state index contributed by atoms with van der Waals surface area (Å²) in [5.74, 6) is -2.57. The van der Waals surface area contributed by atoms with Crippen molar-refractivity contribution in [2.24, 2.45) is 5.10 Å². The molecule has 0 bridgehead atoms. The molecular weight excluding hydrogens is 327 g/mol. The Bertz CT molecular complexity index is 768. The van der Waals surface area contributed by atoms with Gasteiger partial charge in [0.25, 0.3) is 0 Å². The molecule has 0 radical (unpaired) electrons. The third-order valence-corrected chi connectivity index (χ3v) is 2.87. The van der Waals surface area contributed by atoms with E-state index in [1.54, 1.807) is 18.3 Å². The number of furan rings is 1. The fourth-order valence-electron chi connectivity index (χ4n) is 1.69. The highest BCUT2D eigenvalue weighted by atomic mass is 19.4. The smallest absolute Gasteiger partial charge is 0.459 e. The summed E-state index contributed by atoms with van der Waals surface area (Å²) in [5, 5.41) is 5.58. The minimum atomic E-state index is -4.98. The number of alkyl halides is 3. The number of hydrazone groups is 1. The van der Waals surface area contributed by atoms with Crippen molar-refractivity contribution < 1.29 is 27.2 Å². The summed E-state index contributed by atoms with van der Waals surface area (Å²) in [4.78, 5) is 22.6. The number of nitrogens with one attached hydrogen (secondary N) is 2. The van der Waals surface area contributed by atoms with E-state index in [2.05, 4.69) is 10.5 Å².